The van der Waals surface area contributed by atoms with Crippen LogP contribution >= 0.6 is 0 Å². The van der Waals surface area contributed by atoms with Crippen LogP contribution in [0.4, 0.5) is 17.1 Å². The van der Waals surface area contributed by atoms with Crippen LogP contribution in [0.25, 0.3) is 0 Å². The van der Waals surface area contributed by atoms with E-state index in [2.05, 4.69) is 60.2 Å². The smallest absolute Gasteiger partial charge is 0.226 e. The summed E-state index contributed by atoms with van der Waals surface area (Å²) < 4.78 is 0. The third kappa shape index (κ3) is 5.25. The number of benzene rings is 2. The van der Waals surface area contributed by atoms with E-state index in [1.54, 1.807) is 0 Å². The van der Waals surface area contributed by atoms with Gasteiger partial charge >= 0.3 is 0 Å². The second-order valence-corrected chi connectivity index (χ2v) is 6.38. The van der Waals surface area contributed by atoms with Crippen molar-refractivity contribution < 1.29 is 4.79 Å². The third-order valence-corrected chi connectivity index (χ3v) is 4.72. The molecular weight excluding hydrogens is 322 g/mol. The Labute approximate surface area is 157 Å². The fraction of sp³-hybridized carbons (Fsp3) is 0.409. The molecule has 2 aromatic carbocycles. The molecule has 26 heavy (non-hydrogen) atoms. The molecule has 4 nitrogen and oxygen atoms in total. The number of hydrogen-bond acceptors (Lipinski definition) is 3. The second-order valence-electron chi connectivity index (χ2n) is 6.38. The van der Waals surface area contributed by atoms with Gasteiger partial charge in [-0.2, -0.15) is 0 Å². The summed E-state index contributed by atoms with van der Waals surface area (Å²) in [7, 11) is 0. The van der Waals surface area contributed by atoms with Crippen molar-refractivity contribution in [3.63, 3.8) is 0 Å². The van der Waals surface area contributed by atoms with Crippen molar-refractivity contribution >= 4 is 23.0 Å². The molecule has 0 saturated carbocycles. The van der Waals surface area contributed by atoms with Gasteiger partial charge in [-0.3, -0.25) is 4.79 Å². The number of carbonyl (C=O) groups excluding carboxylic acids is 1. The Balaban J connectivity index is 1.95. The first kappa shape index (κ1) is 19.8. The monoisotopic (exact) mass is 353 g/mol. The van der Waals surface area contributed by atoms with E-state index in [9.17, 15) is 4.79 Å². The molecule has 4 heteroatoms. The molecule has 0 aliphatic heterocycles. The number of amides is 1. The Morgan fingerprint density at radius 1 is 0.885 bits per heavy atom. The molecular formula is C22H31N3O. The number of carbonyl (C=O) groups is 1. The van der Waals surface area contributed by atoms with Crippen LogP contribution in [0, 0.1) is 6.92 Å². The molecule has 0 aliphatic carbocycles. The van der Waals surface area contributed by atoms with Gasteiger partial charge in [-0.15, -0.1) is 0 Å². The van der Waals surface area contributed by atoms with Crippen LogP contribution in [-0.2, 0) is 4.79 Å². The molecule has 0 atom stereocenters. The quantitative estimate of drug-likeness (QED) is 0.710. The Bertz CT molecular complexity index is 696. The number of para-hydroxylation sites is 1. The van der Waals surface area contributed by atoms with Crippen molar-refractivity contribution in [2.45, 2.75) is 34.1 Å². The standard InChI is InChI=1S/C22H31N3O/c1-5-24(6-2)20-13-14-21(18(4)17-20)23-22(26)15-16-25(7-3)19-11-9-8-10-12-19/h8-14,17H,5-7,15-16H2,1-4H3,(H,23,26). The minimum atomic E-state index is 0.0538. The zero-order valence-electron chi connectivity index (χ0n) is 16.5. The third-order valence-electron chi connectivity index (χ3n) is 4.72. The summed E-state index contributed by atoms with van der Waals surface area (Å²) in [6.45, 7) is 12.0. The van der Waals surface area contributed by atoms with Crippen molar-refractivity contribution in [3.8, 4) is 0 Å². The lowest BCUT2D eigenvalue weighted by Gasteiger charge is -2.23. The lowest BCUT2D eigenvalue weighted by molar-refractivity contribution is -0.116. The van der Waals surface area contributed by atoms with E-state index in [-0.39, 0.29) is 5.91 Å². The number of aryl methyl sites for hydroxylation is 1. The molecule has 140 valence electrons. The molecule has 2 rings (SSSR count). The van der Waals surface area contributed by atoms with Crippen molar-refractivity contribution in [2.24, 2.45) is 0 Å². The van der Waals surface area contributed by atoms with Crippen LogP contribution in [0.15, 0.2) is 48.5 Å². The van der Waals surface area contributed by atoms with E-state index in [4.69, 9.17) is 0 Å². The average Bonchev–Trinajstić information content (AvgIpc) is 2.66. The molecule has 0 radical (unpaired) electrons. The van der Waals surface area contributed by atoms with Gasteiger partial charge in [-0.1, -0.05) is 18.2 Å². The Hall–Kier alpha value is -2.49. The SMILES string of the molecule is CCN(CC)c1ccc(NC(=O)CCN(CC)c2ccccc2)c(C)c1. The molecule has 0 bridgehead atoms. The van der Waals surface area contributed by atoms with Crippen LogP contribution in [0.5, 0.6) is 0 Å². The normalized spacial score (nSPS) is 10.5. The fourth-order valence-electron chi connectivity index (χ4n) is 3.13. The molecule has 1 N–H and O–H groups in total. The molecule has 0 fully saturated rings. The molecule has 0 aromatic heterocycles. The van der Waals surface area contributed by atoms with Crippen molar-refractivity contribution in [3.05, 3.63) is 54.1 Å². The Kier molecular flexibility index (Phi) is 7.52. The number of nitrogens with one attached hydrogen (secondary N) is 1. The first-order valence-electron chi connectivity index (χ1n) is 9.54. The molecule has 0 aliphatic rings. The van der Waals surface area contributed by atoms with Crippen LogP contribution in [0.3, 0.4) is 0 Å². The van der Waals surface area contributed by atoms with Gasteiger partial charge in [0.05, 0.1) is 0 Å². The predicted octanol–water partition coefficient (Wildman–Crippen LogP) is 4.70. The highest BCUT2D eigenvalue weighted by atomic mass is 16.1. The maximum Gasteiger partial charge on any atom is 0.226 e. The van der Waals surface area contributed by atoms with E-state index in [1.807, 2.05) is 31.2 Å². The summed E-state index contributed by atoms with van der Waals surface area (Å²) in [4.78, 5) is 16.9. The van der Waals surface area contributed by atoms with Gasteiger partial charge in [-0.25, -0.2) is 0 Å². The van der Waals surface area contributed by atoms with E-state index < -0.39 is 0 Å². The Morgan fingerprint density at radius 3 is 2.12 bits per heavy atom. The topological polar surface area (TPSA) is 35.6 Å². The highest BCUT2D eigenvalue weighted by Gasteiger charge is 2.10. The average molecular weight is 354 g/mol. The minimum absolute atomic E-state index is 0.0538. The Morgan fingerprint density at radius 2 is 1.54 bits per heavy atom. The molecule has 0 unspecified atom stereocenters. The molecule has 2 aromatic rings. The van der Waals surface area contributed by atoms with Gasteiger partial charge in [0.15, 0.2) is 0 Å². The molecule has 0 heterocycles. The molecule has 0 saturated heterocycles. The summed E-state index contributed by atoms with van der Waals surface area (Å²) in [5.41, 5.74) is 4.35. The lowest BCUT2D eigenvalue weighted by Crippen LogP contribution is -2.27. The second kappa shape index (κ2) is 9.85. The van der Waals surface area contributed by atoms with Crippen LogP contribution < -0.4 is 15.1 Å². The van der Waals surface area contributed by atoms with Crippen LogP contribution in [0.1, 0.15) is 32.8 Å². The van der Waals surface area contributed by atoms with E-state index in [0.717, 1.165) is 36.6 Å². The highest BCUT2D eigenvalue weighted by molar-refractivity contribution is 5.92. The number of rotatable bonds is 9. The predicted molar refractivity (Wildman–Crippen MR) is 112 cm³/mol. The zero-order chi connectivity index (χ0) is 18.9. The van der Waals surface area contributed by atoms with Gasteiger partial charge in [0, 0.05) is 49.7 Å². The van der Waals surface area contributed by atoms with Crippen molar-refractivity contribution in [1.29, 1.82) is 0 Å². The largest absolute Gasteiger partial charge is 0.372 e. The minimum Gasteiger partial charge on any atom is -0.372 e. The summed E-state index contributed by atoms with van der Waals surface area (Å²) in [5.74, 6) is 0.0538. The van der Waals surface area contributed by atoms with E-state index in [1.165, 1.54) is 5.69 Å². The van der Waals surface area contributed by atoms with Gasteiger partial charge in [0.2, 0.25) is 5.91 Å². The number of anilines is 3. The van der Waals surface area contributed by atoms with Crippen molar-refractivity contribution in [1.82, 2.24) is 0 Å². The first-order chi connectivity index (χ1) is 12.6. The van der Waals surface area contributed by atoms with Gasteiger partial charge in [0.1, 0.15) is 0 Å². The number of nitrogens with zero attached hydrogens (tertiary/aromatic N) is 2. The number of hydrogen-bond donors (Lipinski definition) is 1. The van der Waals surface area contributed by atoms with E-state index in [0.29, 0.717) is 13.0 Å². The summed E-state index contributed by atoms with van der Waals surface area (Å²) in [6, 6.07) is 16.5. The van der Waals surface area contributed by atoms with Crippen molar-refractivity contribution in [2.75, 3.05) is 41.3 Å². The molecule has 1 amide bonds. The summed E-state index contributed by atoms with van der Waals surface area (Å²) >= 11 is 0. The maximum absolute atomic E-state index is 12.4. The van der Waals surface area contributed by atoms with Gasteiger partial charge in [0.25, 0.3) is 0 Å². The molecule has 0 spiro atoms. The lowest BCUT2D eigenvalue weighted by atomic mass is 10.1. The van der Waals surface area contributed by atoms with E-state index >= 15 is 0 Å². The van der Waals surface area contributed by atoms with Gasteiger partial charge in [-0.05, 0) is 63.6 Å². The maximum atomic E-state index is 12.4. The first-order valence-corrected chi connectivity index (χ1v) is 9.54. The van der Waals surface area contributed by atoms with Crippen LogP contribution in [-0.4, -0.2) is 32.1 Å². The summed E-state index contributed by atoms with van der Waals surface area (Å²) in [6.07, 6.45) is 0.472. The fourth-order valence-corrected chi connectivity index (χ4v) is 3.13. The van der Waals surface area contributed by atoms with Crippen LogP contribution in [0.2, 0.25) is 0 Å². The van der Waals surface area contributed by atoms with Gasteiger partial charge < -0.3 is 15.1 Å². The summed E-state index contributed by atoms with van der Waals surface area (Å²) in [5, 5.41) is 3.06. The highest BCUT2D eigenvalue weighted by Crippen LogP contribution is 2.23. The zero-order valence-corrected chi connectivity index (χ0v) is 16.5.